The number of aliphatic carboxylic acids is 1. The molecule has 0 aliphatic carbocycles. The minimum Gasteiger partial charge on any atom is -0.481 e. The largest absolute Gasteiger partial charge is 0.481 e. The zero-order chi connectivity index (χ0) is 13.2. The van der Waals surface area contributed by atoms with E-state index >= 15 is 0 Å². The van der Waals surface area contributed by atoms with Gasteiger partial charge >= 0.3 is 12.0 Å². The van der Waals surface area contributed by atoms with Crippen LogP contribution < -0.4 is 5.32 Å². The Kier molecular flexibility index (Phi) is 3.66. The van der Waals surface area contributed by atoms with E-state index < -0.39 is 17.4 Å². The maximum Gasteiger partial charge on any atom is 0.318 e. The third-order valence-electron chi connectivity index (χ3n) is 3.07. The lowest BCUT2D eigenvalue weighted by atomic mass is 9.87. The highest BCUT2D eigenvalue weighted by Crippen LogP contribution is 2.24. The number of rotatable bonds is 3. The number of nitrogens with zero attached hydrogens (tertiary/aromatic N) is 1. The van der Waals surface area contributed by atoms with Crippen molar-refractivity contribution < 1.29 is 14.7 Å². The molecule has 2 N–H and O–H groups in total. The van der Waals surface area contributed by atoms with Crippen LogP contribution in [0.3, 0.4) is 0 Å². The summed E-state index contributed by atoms with van der Waals surface area (Å²) in [6, 6.07) is -0.234. The van der Waals surface area contributed by atoms with Gasteiger partial charge in [0.05, 0.1) is 11.5 Å². The van der Waals surface area contributed by atoms with E-state index in [-0.39, 0.29) is 11.9 Å². The van der Waals surface area contributed by atoms with Crippen LogP contribution in [0.4, 0.5) is 4.79 Å². The first-order valence-electron chi connectivity index (χ1n) is 5.54. The summed E-state index contributed by atoms with van der Waals surface area (Å²) < 4.78 is 0. The molecule has 1 saturated heterocycles. The third-order valence-corrected chi connectivity index (χ3v) is 3.07. The highest BCUT2D eigenvalue weighted by Gasteiger charge is 2.38. The van der Waals surface area contributed by atoms with Crippen LogP contribution in [0.15, 0.2) is 0 Å². The number of likely N-dealkylation sites (tertiary alicyclic amines) is 1. The average molecular weight is 238 g/mol. The number of urea groups is 1. The number of carboxylic acid groups (broad SMARTS) is 1. The quantitative estimate of drug-likeness (QED) is 0.713. The van der Waals surface area contributed by atoms with Crippen LogP contribution in [0.2, 0.25) is 0 Å². The van der Waals surface area contributed by atoms with Crippen LogP contribution in [0.1, 0.15) is 20.8 Å². The summed E-state index contributed by atoms with van der Waals surface area (Å²) in [5.74, 6) is 1.27. The van der Waals surface area contributed by atoms with E-state index in [1.165, 1.54) is 0 Å². The molecule has 1 aliphatic heterocycles. The lowest BCUT2D eigenvalue weighted by molar-refractivity contribution is -0.144. The van der Waals surface area contributed by atoms with Crippen molar-refractivity contribution >= 4 is 12.0 Å². The van der Waals surface area contributed by atoms with E-state index in [9.17, 15) is 9.59 Å². The molecule has 0 aromatic rings. The number of carbonyl (C=O) groups is 2. The zero-order valence-corrected chi connectivity index (χ0v) is 10.4. The molecular weight excluding hydrogens is 220 g/mol. The Labute approximate surface area is 101 Å². The molecule has 17 heavy (non-hydrogen) atoms. The molecule has 1 unspecified atom stereocenters. The van der Waals surface area contributed by atoms with E-state index in [1.54, 1.807) is 25.7 Å². The van der Waals surface area contributed by atoms with Crippen LogP contribution in [0.5, 0.6) is 0 Å². The second-order valence-electron chi connectivity index (χ2n) is 4.99. The van der Waals surface area contributed by atoms with Gasteiger partial charge in [-0.05, 0) is 13.8 Å². The van der Waals surface area contributed by atoms with Crippen LogP contribution in [-0.4, -0.2) is 40.6 Å². The van der Waals surface area contributed by atoms with Gasteiger partial charge in [-0.3, -0.25) is 4.79 Å². The normalized spacial score (nSPS) is 17.9. The van der Waals surface area contributed by atoms with Crippen molar-refractivity contribution in [3.8, 4) is 12.3 Å². The molecule has 0 aromatic heterocycles. The second kappa shape index (κ2) is 4.66. The molecule has 5 nitrogen and oxygen atoms in total. The maximum atomic E-state index is 11.7. The molecule has 0 spiro atoms. The molecule has 1 atom stereocenters. The van der Waals surface area contributed by atoms with E-state index in [0.717, 1.165) is 0 Å². The van der Waals surface area contributed by atoms with Crippen molar-refractivity contribution in [3.05, 3.63) is 0 Å². The van der Waals surface area contributed by atoms with Gasteiger partial charge in [0, 0.05) is 19.0 Å². The predicted molar refractivity (Wildman–Crippen MR) is 63.3 cm³/mol. The summed E-state index contributed by atoms with van der Waals surface area (Å²) in [4.78, 5) is 24.0. The molecule has 2 amide bonds. The lowest BCUT2D eigenvalue weighted by Gasteiger charge is -2.42. The Morgan fingerprint density at radius 2 is 2.06 bits per heavy atom. The summed E-state index contributed by atoms with van der Waals surface area (Å²) in [6.07, 6.45) is 5.27. The number of carbonyl (C=O) groups excluding carboxylic acids is 1. The monoisotopic (exact) mass is 238 g/mol. The Bertz CT molecular complexity index is 364. The minimum absolute atomic E-state index is 0.0344. The standard InChI is InChI=1S/C12H18N2O3/c1-5-12(3,4)13-11(17)14-6-9(7-14)8(2)10(15)16/h1,8-9H,6-7H2,2-4H3,(H,13,17)(H,15,16). The lowest BCUT2D eigenvalue weighted by Crippen LogP contribution is -2.59. The van der Waals surface area contributed by atoms with Crippen molar-refractivity contribution in [3.63, 3.8) is 0 Å². The first-order valence-corrected chi connectivity index (χ1v) is 5.54. The van der Waals surface area contributed by atoms with E-state index in [2.05, 4.69) is 11.2 Å². The van der Waals surface area contributed by atoms with Gasteiger partial charge < -0.3 is 15.3 Å². The number of carboxylic acids is 1. The zero-order valence-electron chi connectivity index (χ0n) is 10.4. The van der Waals surface area contributed by atoms with Gasteiger partial charge in [-0.25, -0.2) is 4.79 Å². The molecule has 1 heterocycles. The summed E-state index contributed by atoms with van der Waals surface area (Å²) in [5.41, 5.74) is -0.680. The van der Waals surface area contributed by atoms with Crippen LogP contribution in [0.25, 0.3) is 0 Å². The Balaban J connectivity index is 2.41. The van der Waals surface area contributed by atoms with Gasteiger partial charge in [-0.2, -0.15) is 0 Å². The highest BCUT2D eigenvalue weighted by molar-refractivity contribution is 5.77. The van der Waals surface area contributed by atoms with Gasteiger partial charge in [0.2, 0.25) is 0 Å². The molecule has 0 aromatic carbocycles. The SMILES string of the molecule is C#CC(C)(C)NC(=O)N1CC(C(C)C(=O)O)C1. The van der Waals surface area contributed by atoms with Gasteiger partial charge in [-0.15, -0.1) is 6.42 Å². The number of nitrogens with one attached hydrogen (secondary N) is 1. The smallest absolute Gasteiger partial charge is 0.318 e. The van der Waals surface area contributed by atoms with Crippen LogP contribution in [-0.2, 0) is 4.79 Å². The van der Waals surface area contributed by atoms with E-state index in [1.807, 2.05) is 0 Å². The van der Waals surface area contributed by atoms with Gasteiger partial charge in [0.25, 0.3) is 0 Å². The van der Waals surface area contributed by atoms with Crippen molar-refractivity contribution in [1.82, 2.24) is 10.2 Å². The van der Waals surface area contributed by atoms with Crippen molar-refractivity contribution in [2.24, 2.45) is 11.8 Å². The molecule has 5 heteroatoms. The van der Waals surface area contributed by atoms with Crippen molar-refractivity contribution in [1.29, 1.82) is 0 Å². The first-order chi connectivity index (χ1) is 7.76. The fraction of sp³-hybridized carbons (Fsp3) is 0.667. The fourth-order valence-corrected chi connectivity index (χ4v) is 1.58. The molecule has 0 radical (unpaired) electrons. The van der Waals surface area contributed by atoms with Crippen molar-refractivity contribution in [2.75, 3.05) is 13.1 Å². The Hall–Kier alpha value is -1.70. The van der Waals surface area contributed by atoms with Gasteiger partial charge in [-0.1, -0.05) is 12.8 Å². The topological polar surface area (TPSA) is 69.6 Å². The Morgan fingerprint density at radius 3 is 2.47 bits per heavy atom. The molecule has 1 rings (SSSR count). The summed E-state index contributed by atoms with van der Waals surface area (Å²) in [6.45, 7) is 6.08. The first kappa shape index (κ1) is 13.4. The number of terminal acetylenes is 1. The predicted octanol–water partition coefficient (Wildman–Crippen LogP) is 0.760. The van der Waals surface area contributed by atoms with Crippen molar-refractivity contribution in [2.45, 2.75) is 26.3 Å². The number of hydrogen-bond donors (Lipinski definition) is 2. The van der Waals surface area contributed by atoms with E-state index in [4.69, 9.17) is 11.5 Å². The third kappa shape index (κ3) is 3.13. The molecule has 0 saturated carbocycles. The average Bonchev–Trinajstić information content (AvgIpc) is 2.14. The van der Waals surface area contributed by atoms with Crippen LogP contribution >= 0.6 is 0 Å². The Morgan fingerprint density at radius 1 is 1.53 bits per heavy atom. The minimum atomic E-state index is -0.820. The van der Waals surface area contributed by atoms with Crippen LogP contribution in [0, 0.1) is 24.2 Å². The van der Waals surface area contributed by atoms with E-state index in [0.29, 0.717) is 13.1 Å². The molecule has 0 bridgehead atoms. The highest BCUT2D eigenvalue weighted by atomic mass is 16.4. The summed E-state index contributed by atoms with van der Waals surface area (Å²) in [7, 11) is 0. The summed E-state index contributed by atoms with van der Waals surface area (Å²) in [5, 5.41) is 11.5. The number of hydrogen-bond acceptors (Lipinski definition) is 2. The fourth-order valence-electron chi connectivity index (χ4n) is 1.58. The molecule has 1 fully saturated rings. The van der Waals surface area contributed by atoms with Gasteiger partial charge in [0.15, 0.2) is 0 Å². The molecule has 94 valence electrons. The summed E-state index contributed by atoms with van der Waals surface area (Å²) >= 11 is 0. The molecular formula is C12H18N2O3. The molecule has 1 aliphatic rings. The number of amides is 2. The maximum absolute atomic E-state index is 11.7. The van der Waals surface area contributed by atoms with Gasteiger partial charge in [0.1, 0.15) is 0 Å². The second-order valence-corrected chi connectivity index (χ2v) is 4.99.